The van der Waals surface area contributed by atoms with Crippen molar-refractivity contribution in [1.82, 2.24) is 4.98 Å². The van der Waals surface area contributed by atoms with Gasteiger partial charge < -0.3 is 4.90 Å². The summed E-state index contributed by atoms with van der Waals surface area (Å²) in [5, 5.41) is 1.19. The van der Waals surface area contributed by atoms with Crippen LogP contribution in [0.1, 0.15) is 25.7 Å². The number of fused-ring (bicyclic) bond motifs is 1. The molecule has 3 aromatic rings. The van der Waals surface area contributed by atoms with Gasteiger partial charge in [-0.25, -0.2) is 4.98 Å². The van der Waals surface area contributed by atoms with Crippen molar-refractivity contribution < 1.29 is 0 Å². The highest BCUT2D eigenvalue weighted by Gasteiger charge is 2.10. The van der Waals surface area contributed by atoms with Crippen molar-refractivity contribution in [2.24, 2.45) is 0 Å². The van der Waals surface area contributed by atoms with Gasteiger partial charge >= 0.3 is 0 Å². The quantitative estimate of drug-likeness (QED) is 0.640. The molecule has 2 heteroatoms. The van der Waals surface area contributed by atoms with E-state index >= 15 is 0 Å². The van der Waals surface area contributed by atoms with Gasteiger partial charge in [0.15, 0.2) is 0 Å². The molecule has 4 rings (SSSR count). The van der Waals surface area contributed by atoms with E-state index in [9.17, 15) is 0 Å². The lowest BCUT2D eigenvalue weighted by Crippen LogP contribution is -2.23. The summed E-state index contributed by atoms with van der Waals surface area (Å²) >= 11 is 0. The van der Waals surface area contributed by atoms with E-state index in [0.29, 0.717) is 0 Å². The molecule has 2 heterocycles. The first-order valence-corrected chi connectivity index (χ1v) is 8.61. The van der Waals surface area contributed by atoms with Crippen LogP contribution in [0, 0.1) is 0 Å². The summed E-state index contributed by atoms with van der Waals surface area (Å²) in [5.41, 5.74) is 4.64. The molecule has 2 nitrogen and oxygen atoms in total. The summed E-state index contributed by atoms with van der Waals surface area (Å²) in [4.78, 5) is 7.31. The molecule has 1 aliphatic rings. The highest BCUT2D eigenvalue weighted by Crippen LogP contribution is 2.25. The molecule has 1 aromatic heterocycles. The number of benzene rings is 2. The number of pyridine rings is 1. The summed E-state index contributed by atoms with van der Waals surface area (Å²) in [7, 11) is 0. The molecule has 23 heavy (non-hydrogen) atoms. The van der Waals surface area contributed by atoms with Crippen LogP contribution in [-0.4, -0.2) is 18.1 Å². The van der Waals surface area contributed by atoms with E-state index in [1.54, 1.807) is 0 Å². The molecule has 1 saturated heterocycles. The fourth-order valence-electron chi connectivity index (χ4n) is 3.40. The Balaban J connectivity index is 1.61. The summed E-state index contributed by atoms with van der Waals surface area (Å²) in [6.07, 6.45) is 5.37. The molecule has 1 fully saturated rings. The second-order valence-corrected chi connectivity index (χ2v) is 6.34. The third-order valence-corrected chi connectivity index (χ3v) is 4.73. The average Bonchev–Trinajstić information content (AvgIpc) is 2.91. The Hall–Kier alpha value is -2.35. The lowest BCUT2D eigenvalue weighted by atomic mass is 10.1. The predicted molar refractivity (Wildman–Crippen MR) is 97.9 cm³/mol. The fourth-order valence-corrected chi connectivity index (χ4v) is 3.40. The van der Waals surface area contributed by atoms with Gasteiger partial charge in [0.1, 0.15) is 0 Å². The monoisotopic (exact) mass is 302 g/mol. The molecule has 0 aliphatic carbocycles. The van der Waals surface area contributed by atoms with E-state index in [0.717, 1.165) is 11.2 Å². The summed E-state index contributed by atoms with van der Waals surface area (Å²) in [5.74, 6) is 0. The van der Waals surface area contributed by atoms with Crippen molar-refractivity contribution in [3.8, 4) is 11.3 Å². The Morgan fingerprint density at radius 3 is 2.22 bits per heavy atom. The summed E-state index contributed by atoms with van der Waals surface area (Å²) in [6.45, 7) is 2.38. The number of hydrogen-bond donors (Lipinski definition) is 0. The van der Waals surface area contributed by atoms with Gasteiger partial charge in [0.2, 0.25) is 0 Å². The van der Waals surface area contributed by atoms with Gasteiger partial charge in [-0.2, -0.15) is 0 Å². The highest BCUT2D eigenvalue weighted by atomic mass is 15.1. The van der Waals surface area contributed by atoms with Gasteiger partial charge in [0.25, 0.3) is 0 Å². The maximum atomic E-state index is 4.79. The first-order valence-electron chi connectivity index (χ1n) is 8.61. The second-order valence-electron chi connectivity index (χ2n) is 6.34. The first kappa shape index (κ1) is 14.3. The van der Waals surface area contributed by atoms with Gasteiger partial charge in [-0.05, 0) is 37.1 Å². The Kier molecular flexibility index (Phi) is 3.97. The molecule has 0 unspecified atom stereocenters. The van der Waals surface area contributed by atoms with Crippen molar-refractivity contribution in [3.63, 3.8) is 0 Å². The van der Waals surface area contributed by atoms with Gasteiger partial charge in [-0.1, -0.05) is 49.2 Å². The lowest BCUT2D eigenvalue weighted by Gasteiger charge is -2.22. The lowest BCUT2D eigenvalue weighted by molar-refractivity contribution is 0.726. The Morgan fingerprint density at radius 2 is 1.43 bits per heavy atom. The van der Waals surface area contributed by atoms with E-state index in [1.807, 2.05) is 6.07 Å². The average molecular weight is 302 g/mol. The zero-order valence-electron chi connectivity index (χ0n) is 13.4. The van der Waals surface area contributed by atoms with Crippen molar-refractivity contribution in [1.29, 1.82) is 0 Å². The van der Waals surface area contributed by atoms with Gasteiger partial charge in [0, 0.05) is 29.7 Å². The third-order valence-electron chi connectivity index (χ3n) is 4.73. The number of rotatable bonds is 2. The van der Waals surface area contributed by atoms with Crippen LogP contribution in [-0.2, 0) is 0 Å². The molecular weight excluding hydrogens is 280 g/mol. The van der Waals surface area contributed by atoms with E-state index in [2.05, 4.69) is 59.5 Å². The molecule has 0 saturated carbocycles. The summed E-state index contributed by atoms with van der Waals surface area (Å²) < 4.78 is 0. The molecule has 0 atom stereocenters. The molecule has 0 N–H and O–H groups in total. The maximum Gasteiger partial charge on any atom is 0.0709 e. The van der Waals surface area contributed by atoms with Crippen LogP contribution < -0.4 is 4.90 Å². The minimum Gasteiger partial charge on any atom is -0.372 e. The van der Waals surface area contributed by atoms with E-state index < -0.39 is 0 Å². The number of hydrogen-bond acceptors (Lipinski definition) is 2. The SMILES string of the molecule is c1ccc2nc(-c3ccc(N4CCCCCC4)cc3)ccc2c1. The van der Waals surface area contributed by atoms with Crippen molar-refractivity contribution in [2.75, 3.05) is 18.0 Å². The number of nitrogens with zero attached hydrogens (tertiary/aromatic N) is 2. The third kappa shape index (κ3) is 3.07. The zero-order chi connectivity index (χ0) is 15.5. The molecule has 116 valence electrons. The van der Waals surface area contributed by atoms with Crippen LogP contribution >= 0.6 is 0 Å². The van der Waals surface area contributed by atoms with Gasteiger partial charge in [-0.3, -0.25) is 0 Å². The van der Waals surface area contributed by atoms with Crippen LogP contribution in [0.4, 0.5) is 5.69 Å². The number of anilines is 1. The standard InChI is InChI=1S/C21H22N2/c1-2-6-16-23(15-5-1)19-12-9-18(10-13-19)21-14-11-17-7-3-4-8-20(17)22-21/h3-4,7-14H,1-2,5-6,15-16H2. The fraction of sp³-hybridized carbons (Fsp3) is 0.286. The molecular formula is C21H22N2. The molecule has 1 aliphatic heterocycles. The van der Waals surface area contributed by atoms with Crippen molar-refractivity contribution in [2.45, 2.75) is 25.7 Å². The molecule has 0 spiro atoms. The normalized spacial score (nSPS) is 15.6. The van der Waals surface area contributed by atoms with Crippen LogP contribution in [0.3, 0.4) is 0 Å². The first-order chi connectivity index (χ1) is 11.4. The topological polar surface area (TPSA) is 16.1 Å². The second kappa shape index (κ2) is 6.41. The zero-order valence-corrected chi connectivity index (χ0v) is 13.4. The number of para-hydroxylation sites is 1. The van der Waals surface area contributed by atoms with Gasteiger partial charge in [0.05, 0.1) is 11.2 Å². The van der Waals surface area contributed by atoms with E-state index in [1.165, 1.54) is 55.4 Å². The molecule has 2 aromatic carbocycles. The Labute approximate surface area is 137 Å². The Bertz CT molecular complexity index is 784. The number of aromatic nitrogens is 1. The Morgan fingerprint density at radius 1 is 0.696 bits per heavy atom. The minimum absolute atomic E-state index is 1.05. The maximum absolute atomic E-state index is 4.79. The molecule has 0 bridgehead atoms. The molecule has 0 amide bonds. The van der Waals surface area contributed by atoms with Crippen molar-refractivity contribution in [3.05, 3.63) is 60.7 Å². The van der Waals surface area contributed by atoms with E-state index in [-0.39, 0.29) is 0 Å². The van der Waals surface area contributed by atoms with Crippen LogP contribution in [0.5, 0.6) is 0 Å². The van der Waals surface area contributed by atoms with Gasteiger partial charge in [-0.15, -0.1) is 0 Å². The van der Waals surface area contributed by atoms with Crippen molar-refractivity contribution >= 4 is 16.6 Å². The largest absolute Gasteiger partial charge is 0.372 e. The van der Waals surface area contributed by atoms with Crippen LogP contribution in [0.15, 0.2) is 60.7 Å². The van der Waals surface area contributed by atoms with E-state index in [4.69, 9.17) is 4.98 Å². The predicted octanol–water partition coefficient (Wildman–Crippen LogP) is 5.28. The highest BCUT2D eigenvalue weighted by molar-refractivity contribution is 5.81. The minimum atomic E-state index is 1.05. The smallest absolute Gasteiger partial charge is 0.0709 e. The summed E-state index contributed by atoms with van der Waals surface area (Å²) in [6, 6.07) is 21.5. The van der Waals surface area contributed by atoms with Crippen LogP contribution in [0.25, 0.3) is 22.2 Å². The molecule has 0 radical (unpaired) electrons. The van der Waals surface area contributed by atoms with Crippen LogP contribution in [0.2, 0.25) is 0 Å².